The van der Waals surface area contributed by atoms with Crippen molar-refractivity contribution in [1.82, 2.24) is 0 Å². The summed E-state index contributed by atoms with van der Waals surface area (Å²) in [5.41, 5.74) is 6.13. The van der Waals surface area contributed by atoms with Crippen LogP contribution in [0.1, 0.15) is 28.7 Å². The number of nitrogens with zero attached hydrogens (tertiary/aromatic N) is 1. The summed E-state index contributed by atoms with van der Waals surface area (Å²) in [7, 11) is 0. The van der Waals surface area contributed by atoms with Crippen LogP contribution in [0, 0.1) is 33.6 Å². The Morgan fingerprint density at radius 3 is 2.32 bits per heavy atom. The normalized spacial score (nSPS) is 17.0. The average molecular weight is 336 g/mol. The molecule has 130 valence electrons. The van der Waals surface area contributed by atoms with Gasteiger partial charge in [0.2, 0.25) is 11.8 Å². The Morgan fingerprint density at radius 2 is 1.68 bits per heavy atom. The standard InChI is InChI=1S/C21H24N2O2/c1-13-8-9-18(10-16(13)4)23-12-17(11-19(23)24)21(25)22-20-14(2)6-5-7-15(20)3/h5-10,17H,11-12H2,1-4H3,(H,22,25)/t17-/m1/s1. The Bertz CT molecular complexity index is 822. The van der Waals surface area contributed by atoms with E-state index in [9.17, 15) is 9.59 Å². The Morgan fingerprint density at radius 1 is 1.00 bits per heavy atom. The lowest BCUT2D eigenvalue weighted by molar-refractivity contribution is -0.122. The molecular formula is C21H24N2O2. The zero-order valence-electron chi connectivity index (χ0n) is 15.2. The van der Waals surface area contributed by atoms with Crippen LogP contribution >= 0.6 is 0 Å². The van der Waals surface area contributed by atoms with E-state index in [-0.39, 0.29) is 24.2 Å². The van der Waals surface area contributed by atoms with E-state index in [1.165, 1.54) is 5.56 Å². The molecule has 0 bridgehead atoms. The number of carbonyl (C=O) groups excluding carboxylic acids is 2. The largest absolute Gasteiger partial charge is 0.325 e. The number of para-hydroxylation sites is 1. The molecule has 1 N–H and O–H groups in total. The van der Waals surface area contributed by atoms with E-state index in [1.807, 2.05) is 64.1 Å². The molecule has 0 aromatic heterocycles. The molecule has 0 spiro atoms. The van der Waals surface area contributed by atoms with Gasteiger partial charge in [-0.05, 0) is 62.1 Å². The predicted molar refractivity (Wildman–Crippen MR) is 101 cm³/mol. The maximum Gasteiger partial charge on any atom is 0.229 e. The molecule has 1 fully saturated rings. The van der Waals surface area contributed by atoms with Crippen molar-refractivity contribution in [2.75, 3.05) is 16.8 Å². The van der Waals surface area contributed by atoms with Gasteiger partial charge in [0.25, 0.3) is 0 Å². The predicted octanol–water partition coefficient (Wildman–Crippen LogP) is 3.91. The Labute approximate surface area is 148 Å². The quantitative estimate of drug-likeness (QED) is 0.924. The summed E-state index contributed by atoms with van der Waals surface area (Å²) in [5, 5.41) is 3.02. The van der Waals surface area contributed by atoms with E-state index in [2.05, 4.69) is 5.32 Å². The van der Waals surface area contributed by atoms with E-state index >= 15 is 0 Å². The molecule has 1 aliphatic heterocycles. The molecule has 0 unspecified atom stereocenters. The van der Waals surface area contributed by atoms with E-state index in [4.69, 9.17) is 0 Å². The highest BCUT2D eigenvalue weighted by molar-refractivity contribution is 6.04. The molecule has 25 heavy (non-hydrogen) atoms. The molecule has 3 rings (SSSR count). The molecule has 0 aliphatic carbocycles. The maximum atomic E-state index is 12.7. The number of benzene rings is 2. The van der Waals surface area contributed by atoms with E-state index in [0.29, 0.717) is 6.54 Å². The highest BCUT2D eigenvalue weighted by atomic mass is 16.2. The summed E-state index contributed by atoms with van der Waals surface area (Å²) in [4.78, 5) is 26.8. The highest BCUT2D eigenvalue weighted by Gasteiger charge is 2.35. The first-order valence-corrected chi connectivity index (χ1v) is 8.61. The molecule has 1 aliphatic rings. The number of hydrogen-bond acceptors (Lipinski definition) is 2. The lowest BCUT2D eigenvalue weighted by Gasteiger charge is -2.18. The molecule has 1 heterocycles. The lowest BCUT2D eigenvalue weighted by atomic mass is 10.1. The van der Waals surface area contributed by atoms with Gasteiger partial charge in [0.15, 0.2) is 0 Å². The molecule has 1 saturated heterocycles. The second-order valence-corrected chi connectivity index (χ2v) is 6.93. The van der Waals surface area contributed by atoms with Crippen LogP contribution in [0.4, 0.5) is 11.4 Å². The number of amides is 2. The number of rotatable bonds is 3. The molecule has 2 amide bonds. The molecule has 0 saturated carbocycles. The second kappa shape index (κ2) is 6.71. The molecule has 2 aromatic rings. The van der Waals surface area contributed by atoms with Gasteiger partial charge in [0.05, 0.1) is 5.92 Å². The van der Waals surface area contributed by atoms with Crippen LogP contribution in [-0.4, -0.2) is 18.4 Å². The van der Waals surface area contributed by atoms with Crippen molar-refractivity contribution in [3.8, 4) is 0 Å². The van der Waals surface area contributed by atoms with Gasteiger partial charge in [-0.1, -0.05) is 24.3 Å². The third kappa shape index (κ3) is 3.43. The summed E-state index contributed by atoms with van der Waals surface area (Å²) in [5.74, 6) is -0.407. The van der Waals surface area contributed by atoms with Crippen molar-refractivity contribution in [3.05, 3.63) is 58.7 Å². The zero-order chi connectivity index (χ0) is 18.1. The number of hydrogen-bond donors (Lipinski definition) is 1. The minimum atomic E-state index is -0.326. The Hall–Kier alpha value is -2.62. The first-order chi connectivity index (χ1) is 11.9. The maximum absolute atomic E-state index is 12.7. The first kappa shape index (κ1) is 17.2. The highest BCUT2D eigenvalue weighted by Crippen LogP contribution is 2.28. The lowest BCUT2D eigenvalue weighted by Crippen LogP contribution is -2.28. The van der Waals surface area contributed by atoms with E-state index in [0.717, 1.165) is 28.1 Å². The fourth-order valence-corrected chi connectivity index (χ4v) is 3.26. The van der Waals surface area contributed by atoms with Gasteiger partial charge in [-0.15, -0.1) is 0 Å². The van der Waals surface area contributed by atoms with Gasteiger partial charge >= 0.3 is 0 Å². The number of carbonyl (C=O) groups is 2. The van der Waals surface area contributed by atoms with Gasteiger partial charge in [0.1, 0.15) is 0 Å². The van der Waals surface area contributed by atoms with Crippen LogP contribution in [-0.2, 0) is 9.59 Å². The van der Waals surface area contributed by atoms with Crippen LogP contribution in [0.5, 0.6) is 0 Å². The van der Waals surface area contributed by atoms with Gasteiger partial charge in [-0.2, -0.15) is 0 Å². The van der Waals surface area contributed by atoms with Gasteiger partial charge in [0, 0.05) is 24.3 Å². The van der Waals surface area contributed by atoms with Gasteiger partial charge in [-0.3, -0.25) is 9.59 Å². The minimum absolute atomic E-state index is 0.00455. The van der Waals surface area contributed by atoms with Crippen molar-refractivity contribution < 1.29 is 9.59 Å². The van der Waals surface area contributed by atoms with Crippen molar-refractivity contribution in [2.24, 2.45) is 5.92 Å². The molecular weight excluding hydrogens is 312 g/mol. The molecule has 4 heteroatoms. The molecule has 0 radical (unpaired) electrons. The Kier molecular flexibility index (Phi) is 4.62. The summed E-state index contributed by atoms with van der Waals surface area (Å²) in [6.45, 7) is 8.46. The Balaban J connectivity index is 1.75. The number of anilines is 2. The molecule has 2 aromatic carbocycles. The summed E-state index contributed by atoms with van der Waals surface area (Å²) in [6, 6.07) is 11.9. The van der Waals surface area contributed by atoms with Gasteiger partial charge in [-0.25, -0.2) is 0 Å². The topological polar surface area (TPSA) is 49.4 Å². The fourth-order valence-electron chi connectivity index (χ4n) is 3.26. The van der Waals surface area contributed by atoms with Crippen LogP contribution in [0.2, 0.25) is 0 Å². The smallest absolute Gasteiger partial charge is 0.229 e. The van der Waals surface area contributed by atoms with E-state index in [1.54, 1.807) is 4.90 Å². The van der Waals surface area contributed by atoms with Crippen LogP contribution < -0.4 is 10.2 Å². The van der Waals surface area contributed by atoms with Gasteiger partial charge < -0.3 is 10.2 Å². The van der Waals surface area contributed by atoms with Crippen molar-refractivity contribution in [1.29, 1.82) is 0 Å². The first-order valence-electron chi connectivity index (χ1n) is 8.61. The third-order valence-corrected chi connectivity index (χ3v) is 5.03. The number of nitrogens with one attached hydrogen (secondary N) is 1. The second-order valence-electron chi connectivity index (χ2n) is 6.93. The number of aryl methyl sites for hydroxylation is 4. The van der Waals surface area contributed by atoms with Crippen LogP contribution in [0.25, 0.3) is 0 Å². The van der Waals surface area contributed by atoms with Crippen molar-refractivity contribution in [2.45, 2.75) is 34.1 Å². The summed E-state index contributed by atoms with van der Waals surface area (Å²) < 4.78 is 0. The zero-order valence-corrected chi connectivity index (χ0v) is 15.2. The summed E-state index contributed by atoms with van der Waals surface area (Å²) in [6.07, 6.45) is 0.254. The van der Waals surface area contributed by atoms with Crippen LogP contribution in [0.3, 0.4) is 0 Å². The average Bonchev–Trinajstić information content (AvgIpc) is 2.95. The SMILES string of the molecule is Cc1ccc(N2C[C@H](C(=O)Nc3c(C)cccc3C)CC2=O)cc1C. The molecule has 1 atom stereocenters. The van der Waals surface area contributed by atoms with Crippen molar-refractivity contribution in [3.63, 3.8) is 0 Å². The summed E-state index contributed by atoms with van der Waals surface area (Å²) >= 11 is 0. The molecule has 4 nitrogen and oxygen atoms in total. The van der Waals surface area contributed by atoms with Crippen LogP contribution in [0.15, 0.2) is 36.4 Å². The monoisotopic (exact) mass is 336 g/mol. The fraction of sp³-hybridized carbons (Fsp3) is 0.333. The van der Waals surface area contributed by atoms with E-state index < -0.39 is 0 Å². The minimum Gasteiger partial charge on any atom is -0.325 e. The van der Waals surface area contributed by atoms with Crippen molar-refractivity contribution >= 4 is 23.2 Å². The third-order valence-electron chi connectivity index (χ3n) is 5.03.